The standard InChI is InChI=1S/C14H21N3O2/c15-11-5-6-13(16-7-12(18)10-3-4-10)17-14(11)19-8-9-1-2-9/h5-6,9-10,12,18H,1-4,7-8,15H2,(H,16,17). The molecular formula is C14H21N3O2. The Kier molecular flexibility index (Phi) is 3.46. The van der Waals surface area contributed by atoms with Gasteiger partial charge in [0.1, 0.15) is 5.82 Å². The van der Waals surface area contributed by atoms with E-state index in [0.29, 0.717) is 42.4 Å². The van der Waals surface area contributed by atoms with E-state index in [2.05, 4.69) is 10.3 Å². The van der Waals surface area contributed by atoms with E-state index in [1.165, 1.54) is 12.8 Å². The van der Waals surface area contributed by atoms with Crippen molar-refractivity contribution in [1.29, 1.82) is 0 Å². The number of anilines is 2. The lowest BCUT2D eigenvalue weighted by atomic mass is 10.2. The average molecular weight is 263 g/mol. The van der Waals surface area contributed by atoms with Gasteiger partial charge in [-0.2, -0.15) is 4.98 Å². The minimum absolute atomic E-state index is 0.282. The van der Waals surface area contributed by atoms with Crippen molar-refractivity contribution in [3.8, 4) is 5.88 Å². The third-order valence-corrected chi connectivity index (χ3v) is 3.70. The quantitative estimate of drug-likeness (QED) is 0.696. The Bertz CT molecular complexity index is 444. The number of hydrogen-bond donors (Lipinski definition) is 3. The number of nitrogens with one attached hydrogen (secondary N) is 1. The first-order valence-electron chi connectivity index (χ1n) is 7.03. The Hall–Kier alpha value is -1.49. The molecule has 0 amide bonds. The van der Waals surface area contributed by atoms with Crippen LogP contribution in [0.1, 0.15) is 25.7 Å². The van der Waals surface area contributed by atoms with Gasteiger partial charge in [0.05, 0.1) is 18.4 Å². The van der Waals surface area contributed by atoms with E-state index in [4.69, 9.17) is 10.5 Å². The van der Waals surface area contributed by atoms with Gasteiger partial charge < -0.3 is 20.9 Å². The number of nitrogen functional groups attached to an aromatic ring is 1. The summed E-state index contributed by atoms with van der Waals surface area (Å²) in [5, 5.41) is 13.0. The zero-order chi connectivity index (χ0) is 13.2. The number of nitrogens with zero attached hydrogens (tertiary/aromatic N) is 1. The van der Waals surface area contributed by atoms with E-state index in [-0.39, 0.29) is 6.10 Å². The van der Waals surface area contributed by atoms with E-state index < -0.39 is 0 Å². The maximum Gasteiger partial charge on any atom is 0.239 e. The lowest BCUT2D eigenvalue weighted by Gasteiger charge is -2.13. The molecule has 3 rings (SSSR count). The van der Waals surface area contributed by atoms with Crippen LogP contribution < -0.4 is 15.8 Å². The van der Waals surface area contributed by atoms with Gasteiger partial charge in [-0.25, -0.2) is 0 Å². The van der Waals surface area contributed by atoms with Crippen molar-refractivity contribution in [3.63, 3.8) is 0 Å². The summed E-state index contributed by atoms with van der Waals surface area (Å²) in [6.07, 6.45) is 4.47. The van der Waals surface area contributed by atoms with Gasteiger partial charge >= 0.3 is 0 Å². The van der Waals surface area contributed by atoms with Crippen LogP contribution in [0.5, 0.6) is 5.88 Å². The summed E-state index contributed by atoms with van der Waals surface area (Å²) in [6.45, 7) is 1.23. The number of aliphatic hydroxyl groups is 1. The molecule has 1 heterocycles. The van der Waals surface area contributed by atoms with Crippen LogP contribution in [0.15, 0.2) is 12.1 Å². The highest BCUT2D eigenvalue weighted by Crippen LogP contribution is 2.33. The predicted molar refractivity (Wildman–Crippen MR) is 74.1 cm³/mol. The van der Waals surface area contributed by atoms with Crippen LogP contribution in [0, 0.1) is 11.8 Å². The molecule has 2 aliphatic carbocycles. The molecule has 0 saturated heterocycles. The van der Waals surface area contributed by atoms with E-state index in [1.54, 1.807) is 6.07 Å². The Balaban J connectivity index is 1.55. The normalized spacial score (nSPS) is 20.1. The van der Waals surface area contributed by atoms with Crippen molar-refractivity contribution >= 4 is 11.5 Å². The maximum atomic E-state index is 9.81. The Labute approximate surface area is 113 Å². The van der Waals surface area contributed by atoms with Crippen molar-refractivity contribution in [2.45, 2.75) is 31.8 Å². The molecule has 5 nitrogen and oxygen atoms in total. The molecule has 19 heavy (non-hydrogen) atoms. The largest absolute Gasteiger partial charge is 0.476 e. The maximum absolute atomic E-state index is 9.81. The number of aromatic nitrogens is 1. The predicted octanol–water partition coefficient (Wildman–Crippen LogP) is 1.64. The van der Waals surface area contributed by atoms with Gasteiger partial charge in [0.25, 0.3) is 0 Å². The highest BCUT2D eigenvalue weighted by atomic mass is 16.5. The first-order valence-corrected chi connectivity index (χ1v) is 7.03. The third kappa shape index (κ3) is 3.50. The molecule has 2 saturated carbocycles. The van der Waals surface area contributed by atoms with E-state index in [9.17, 15) is 5.11 Å². The van der Waals surface area contributed by atoms with Crippen molar-refractivity contribution in [3.05, 3.63) is 12.1 Å². The fraction of sp³-hybridized carbons (Fsp3) is 0.643. The molecule has 1 unspecified atom stereocenters. The van der Waals surface area contributed by atoms with Crippen molar-refractivity contribution in [2.24, 2.45) is 11.8 Å². The molecule has 4 N–H and O–H groups in total. The van der Waals surface area contributed by atoms with Gasteiger partial charge in [-0.15, -0.1) is 0 Å². The Morgan fingerprint density at radius 2 is 2.16 bits per heavy atom. The smallest absolute Gasteiger partial charge is 0.239 e. The number of pyridine rings is 1. The number of aliphatic hydroxyl groups excluding tert-OH is 1. The molecule has 1 atom stereocenters. The second kappa shape index (κ2) is 5.25. The molecule has 0 radical (unpaired) electrons. The SMILES string of the molecule is Nc1ccc(NCC(O)C2CC2)nc1OCC1CC1. The average Bonchev–Trinajstić information content (AvgIpc) is 3.29. The second-order valence-corrected chi connectivity index (χ2v) is 5.63. The van der Waals surface area contributed by atoms with Gasteiger partial charge in [0, 0.05) is 6.54 Å². The minimum atomic E-state index is -0.282. The van der Waals surface area contributed by atoms with E-state index in [0.717, 1.165) is 12.8 Å². The summed E-state index contributed by atoms with van der Waals surface area (Å²) in [4.78, 5) is 4.35. The molecule has 0 bridgehead atoms. The molecule has 0 spiro atoms. The van der Waals surface area contributed by atoms with Gasteiger partial charge in [-0.3, -0.25) is 0 Å². The van der Waals surface area contributed by atoms with Crippen LogP contribution >= 0.6 is 0 Å². The topological polar surface area (TPSA) is 80.4 Å². The summed E-state index contributed by atoms with van der Waals surface area (Å²) in [6, 6.07) is 3.61. The van der Waals surface area contributed by atoms with Crippen LogP contribution in [0.25, 0.3) is 0 Å². The zero-order valence-corrected chi connectivity index (χ0v) is 11.0. The summed E-state index contributed by atoms with van der Waals surface area (Å²) >= 11 is 0. The monoisotopic (exact) mass is 263 g/mol. The van der Waals surface area contributed by atoms with Crippen LogP contribution in [-0.2, 0) is 0 Å². The first-order chi connectivity index (χ1) is 9.22. The van der Waals surface area contributed by atoms with Gasteiger partial charge in [0.15, 0.2) is 0 Å². The molecule has 104 valence electrons. The molecule has 0 aliphatic heterocycles. The third-order valence-electron chi connectivity index (χ3n) is 3.70. The van der Waals surface area contributed by atoms with Gasteiger partial charge in [0.2, 0.25) is 5.88 Å². The number of rotatable bonds is 7. The summed E-state index contributed by atoms with van der Waals surface area (Å²) < 4.78 is 5.63. The van der Waals surface area contributed by atoms with Gasteiger partial charge in [-0.05, 0) is 49.7 Å². The Morgan fingerprint density at radius 3 is 2.84 bits per heavy atom. The van der Waals surface area contributed by atoms with Gasteiger partial charge in [-0.1, -0.05) is 0 Å². The van der Waals surface area contributed by atoms with Crippen molar-refractivity contribution in [1.82, 2.24) is 4.98 Å². The second-order valence-electron chi connectivity index (χ2n) is 5.63. The lowest BCUT2D eigenvalue weighted by Crippen LogP contribution is -2.21. The number of nitrogens with two attached hydrogens (primary N) is 1. The molecule has 2 aliphatic rings. The molecule has 2 fully saturated rings. The summed E-state index contributed by atoms with van der Waals surface area (Å²) in [5.41, 5.74) is 6.41. The molecule has 5 heteroatoms. The van der Waals surface area contributed by atoms with Crippen LogP contribution in [0.3, 0.4) is 0 Å². The fourth-order valence-corrected chi connectivity index (χ4v) is 2.00. The van der Waals surface area contributed by atoms with Crippen LogP contribution in [0.4, 0.5) is 11.5 Å². The summed E-state index contributed by atoms with van der Waals surface area (Å²) in [7, 11) is 0. The number of ether oxygens (including phenoxy) is 1. The molecule has 0 aromatic carbocycles. The van der Waals surface area contributed by atoms with Crippen LogP contribution in [0.2, 0.25) is 0 Å². The highest BCUT2D eigenvalue weighted by Gasteiger charge is 2.29. The minimum Gasteiger partial charge on any atom is -0.476 e. The van der Waals surface area contributed by atoms with Crippen molar-refractivity contribution in [2.75, 3.05) is 24.2 Å². The molecule has 1 aromatic rings. The zero-order valence-electron chi connectivity index (χ0n) is 11.0. The van der Waals surface area contributed by atoms with E-state index >= 15 is 0 Å². The highest BCUT2D eigenvalue weighted by molar-refractivity contribution is 5.53. The summed E-state index contributed by atoms with van der Waals surface area (Å²) in [5.74, 6) is 2.35. The first kappa shape index (κ1) is 12.5. The Morgan fingerprint density at radius 1 is 1.37 bits per heavy atom. The van der Waals surface area contributed by atoms with Crippen LogP contribution in [-0.4, -0.2) is 29.3 Å². The molecule has 1 aromatic heterocycles. The number of hydrogen-bond acceptors (Lipinski definition) is 5. The fourth-order valence-electron chi connectivity index (χ4n) is 2.00. The van der Waals surface area contributed by atoms with Crippen molar-refractivity contribution < 1.29 is 9.84 Å². The van der Waals surface area contributed by atoms with E-state index in [1.807, 2.05) is 6.07 Å². The lowest BCUT2D eigenvalue weighted by molar-refractivity contribution is 0.164. The molecular weight excluding hydrogens is 242 g/mol.